The standard InChI is InChI=1S/C16H25NO3S2/c1-17-9-8-14-12-16(7-6-15(14)13-17)20-10-4-3-5-11-21-22(2,18)19/h6-7,12H,3-5,8-11,13H2,1-2H3. The molecule has 1 aliphatic rings. The molecule has 0 amide bonds. The summed E-state index contributed by atoms with van der Waals surface area (Å²) in [7, 11) is 0.289. The van der Waals surface area contributed by atoms with Crippen molar-refractivity contribution in [3.05, 3.63) is 29.3 Å². The van der Waals surface area contributed by atoms with Crippen molar-refractivity contribution >= 4 is 19.7 Å². The second kappa shape index (κ2) is 8.22. The molecule has 1 aromatic carbocycles. The predicted molar refractivity (Wildman–Crippen MR) is 93.1 cm³/mol. The van der Waals surface area contributed by atoms with E-state index in [0.717, 1.165) is 55.3 Å². The second-order valence-electron chi connectivity index (χ2n) is 5.85. The number of hydrogen-bond acceptors (Lipinski definition) is 5. The maximum atomic E-state index is 11.0. The fraction of sp³-hybridized carbons (Fsp3) is 0.625. The second-order valence-corrected chi connectivity index (χ2v) is 10.4. The van der Waals surface area contributed by atoms with Gasteiger partial charge in [-0.3, -0.25) is 0 Å². The highest BCUT2D eigenvalue weighted by Crippen LogP contribution is 2.23. The lowest BCUT2D eigenvalue weighted by atomic mass is 10.00. The Hall–Kier alpha value is -0.720. The first-order valence-electron chi connectivity index (χ1n) is 7.71. The van der Waals surface area contributed by atoms with Gasteiger partial charge in [-0.05, 0) is 66.8 Å². The maximum Gasteiger partial charge on any atom is 0.198 e. The van der Waals surface area contributed by atoms with Gasteiger partial charge in [0.1, 0.15) is 5.75 Å². The molecule has 0 aromatic heterocycles. The SMILES string of the molecule is CN1CCc2cc(OCCCCCSS(C)(=O)=O)ccc2C1. The molecule has 1 heterocycles. The minimum Gasteiger partial charge on any atom is -0.494 e. The van der Waals surface area contributed by atoms with Crippen LogP contribution in [0.3, 0.4) is 0 Å². The minimum atomic E-state index is -2.89. The van der Waals surface area contributed by atoms with E-state index < -0.39 is 8.87 Å². The Kier molecular flexibility index (Phi) is 6.59. The van der Waals surface area contributed by atoms with Crippen molar-refractivity contribution in [1.82, 2.24) is 4.90 Å². The smallest absolute Gasteiger partial charge is 0.198 e. The van der Waals surface area contributed by atoms with Crippen molar-refractivity contribution in [2.45, 2.75) is 32.2 Å². The van der Waals surface area contributed by atoms with Crippen LogP contribution in [-0.2, 0) is 21.8 Å². The molecule has 0 radical (unpaired) electrons. The highest BCUT2D eigenvalue weighted by molar-refractivity contribution is 8.71. The Labute approximate surface area is 137 Å². The molecule has 2 rings (SSSR count). The summed E-state index contributed by atoms with van der Waals surface area (Å²) < 4.78 is 27.8. The van der Waals surface area contributed by atoms with Crippen LogP contribution >= 0.6 is 10.8 Å². The summed E-state index contributed by atoms with van der Waals surface area (Å²) >= 11 is 0. The third-order valence-electron chi connectivity index (χ3n) is 3.74. The Morgan fingerprint density at radius 1 is 1.23 bits per heavy atom. The van der Waals surface area contributed by atoms with Gasteiger partial charge in [0, 0.05) is 25.1 Å². The normalized spacial score (nSPS) is 15.5. The van der Waals surface area contributed by atoms with E-state index >= 15 is 0 Å². The maximum absolute atomic E-state index is 11.0. The number of hydrogen-bond donors (Lipinski definition) is 0. The summed E-state index contributed by atoms with van der Waals surface area (Å²) in [5, 5.41) is 0. The average molecular weight is 344 g/mol. The van der Waals surface area contributed by atoms with Crippen LogP contribution in [0.4, 0.5) is 0 Å². The Morgan fingerprint density at radius 3 is 2.82 bits per heavy atom. The molecule has 0 saturated heterocycles. The van der Waals surface area contributed by atoms with Crippen LogP contribution in [0.1, 0.15) is 30.4 Å². The van der Waals surface area contributed by atoms with Crippen LogP contribution in [0.2, 0.25) is 0 Å². The van der Waals surface area contributed by atoms with E-state index in [0.29, 0.717) is 12.4 Å². The van der Waals surface area contributed by atoms with Gasteiger partial charge in [-0.1, -0.05) is 6.07 Å². The molecule has 0 aliphatic carbocycles. The summed E-state index contributed by atoms with van der Waals surface area (Å²) in [6.45, 7) is 2.82. The molecule has 0 bridgehead atoms. The summed E-state index contributed by atoms with van der Waals surface area (Å²) in [5.74, 6) is 1.62. The van der Waals surface area contributed by atoms with E-state index in [1.54, 1.807) is 0 Å². The molecule has 6 heteroatoms. The molecule has 0 fully saturated rings. The molecule has 4 nitrogen and oxygen atoms in total. The Morgan fingerprint density at radius 2 is 2.05 bits per heavy atom. The van der Waals surface area contributed by atoms with E-state index in [1.807, 2.05) is 0 Å². The highest BCUT2D eigenvalue weighted by Gasteiger charge is 2.13. The monoisotopic (exact) mass is 343 g/mol. The topological polar surface area (TPSA) is 46.6 Å². The van der Waals surface area contributed by atoms with Crippen LogP contribution in [0, 0.1) is 0 Å². The number of unbranched alkanes of at least 4 members (excludes halogenated alkanes) is 2. The van der Waals surface area contributed by atoms with E-state index in [-0.39, 0.29) is 0 Å². The first-order chi connectivity index (χ1) is 10.4. The lowest BCUT2D eigenvalue weighted by Gasteiger charge is -2.25. The quantitative estimate of drug-likeness (QED) is 0.536. The van der Waals surface area contributed by atoms with Gasteiger partial charge in [0.25, 0.3) is 0 Å². The fourth-order valence-corrected chi connectivity index (χ4v) is 4.43. The summed E-state index contributed by atoms with van der Waals surface area (Å²) in [5.41, 5.74) is 2.80. The number of nitrogens with zero attached hydrogens (tertiary/aromatic N) is 1. The third-order valence-corrected chi connectivity index (χ3v) is 6.40. The summed E-state index contributed by atoms with van der Waals surface area (Å²) in [4.78, 5) is 2.33. The third kappa shape index (κ3) is 6.18. The van der Waals surface area contributed by atoms with E-state index in [1.165, 1.54) is 17.4 Å². The number of rotatable bonds is 8. The zero-order valence-corrected chi connectivity index (χ0v) is 15.0. The minimum absolute atomic E-state index is 0.672. The molecule has 0 unspecified atom stereocenters. The molecule has 1 aromatic rings. The zero-order valence-electron chi connectivity index (χ0n) is 13.4. The lowest BCUT2D eigenvalue weighted by Crippen LogP contribution is -2.26. The van der Waals surface area contributed by atoms with Gasteiger partial charge in [0.2, 0.25) is 0 Å². The van der Waals surface area contributed by atoms with E-state index in [4.69, 9.17) is 4.74 Å². The average Bonchev–Trinajstić information content (AvgIpc) is 2.45. The van der Waals surface area contributed by atoms with Crippen LogP contribution in [0.5, 0.6) is 5.75 Å². The molecule has 1 aliphatic heterocycles. The number of ether oxygens (including phenoxy) is 1. The van der Waals surface area contributed by atoms with Crippen molar-refractivity contribution in [2.75, 3.05) is 32.2 Å². The van der Waals surface area contributed by atoms with E-state index in [9.17, 15) is 8.42 Å². The fourth-order valence-electron chi connectivity index (χ4n) is 2.54. The molecule has 0 saturated carbocycles. The first-order valence-corrected chi connectivity index (χ1v) is 11.1. The van der Waals surface area contributed by atoms with E-state index in [2.05, 4.69) is 30.1 Å². The Bertz CT molecular complexity index is 587. The molecule has 0 N–H and O–H groups in total. The van der Waals surface area contributed by atoms with Gasteiger partial charge in [-0.15, -0.1) is 0 Å². The molecule has 0 spiro atoms. The van der Waals surface area contributed by atoms with Gasteiger partial charge in [-0.25, -0.2) is 8.42 Å². The van der Waals surface area contributed by atoms with Crippen LogP contribution in [0.15, 0.2) is 18.2 Å². The summed E-state index contributed by atoms with van der Waals surface area (Å²) in [6.07, 6.45) is 5.22. The van der Waals surface area contributed by atoms with Crippen LogP contribution in [-0.4, -0.2) is 45.5 Å². The van der Waals surface area contributed by atoms with Crippen molar-refractivity contribution in [1.29, 1.82) is 0 Å². The molecule has 22 heavy (non-hydrogen) atoms. The van der Waals surface area contributed by atoms with Gasteiger partial charge >= 0.3 is 0 Å². The van der Waals surface area contributed by atoms with Gasteiger partial charge in [0.15, 0.2) is 8.87 Å². The summed E-state index contributed by atoms with van der Waals surface area (Å²) in [6, 6.07) is 6.39. The van der Waals surface area contributed by atoms with Crippen molar-refractivity contribution in [3.8, 4) is 5.75 Å². The van der Waals surface area contributed by atoms with Crippen LogP contribution < -0.4 is 4.74 Å². The van der Waals surface area contributed by atoms with Crippen molar-refractivity contribution in [3.63, 3.8) is 0 Å². The molecular weight excluding hydrogens is 318 g/mol. The van der Waals surface area contributed by atoms with Crippen molar-refractivity contribution in [2.24, 2.45) is 0 Å². The lowest BCUT2D eigenvalue weighted by molar-refractivity contribution is 0.299. The predicted octanol–water partition coefficient (Wildman–Crippen LogP) is 2.92. The Balaban J connectivity index is 1.65. The van der Waals surface area contributed by atoms with Crippen molar-refractivity contribution < 1.29 is 13.2 Å². The number of fused-ring (bicyclic) bond motifs is 1. The number of likely N-dealkylation sites (N-methyl/N-ethyl adjacent to an activating group) is 1. The van der Waals surface area contributed by atoms with Gasteiger partial charge in [-0.2, -0.15) is 0 Å². The molecule has 124 valence electrons. The zero-order chi connectivity index (χ0) is 16.0. The highest BCUT2D eigenvalue weighted by atomic mass is 33.1. The van der Waals surface area contributed by atoms with Gasteiger partial charge < -0.3 is 9.64 Å². The molecule has 0 atom stereocenters. The largest absolute Gasteiger partial charge is 0.494 e. The number of benzene rings is 1. The van der Waals surface area contributed by atoms with Gasteiger partial charge in [0.05, 0.1) is 6.61 Å². The first kappa shape index (κ1) is 17.6. The van der Waals surface area contributed by atoms with Crippen LogP contribution in [0.25, 0.3) is 0 Å². The molecular formula is C16H25NO3S2.